The van der Waals surface area contributed by atoms with Crippen LogP contribution in [0.25, 0.3) is 0 Å². The average Bonchev–Trinajstić information content (AvgIpc) is 2.80. The number of hydrogen-bond donors (Lipinski definition) is 5. The lowest BCUT2D eigenvalue weighted by Crippen LogP contribution is -2.62. The summed E-state index contributed by atoms with van der Waals surface area (Å²) in [6, 6.07) is 0. The molecular formula is C12H19Cl3O8. The van der Waals surface area contributed by atoms with Gasteiger partial charge in [-0.15, -0.1) is 34.8 Å². The number of hydrogen-bond acceptors (Lipinski definition) is 8. The lowest BCUT2D eigenvalue weighted by atomic mass is 9.99. The number of rotatable bonds is 5. The van der Waals surface area contributed by atoms with E-state index in [2.05, 4.69) is 0 Å². The Hall–Kier alpha value is 0.550. The molecule has 8 nitrogen and oxygen atoms in total. The fourth-order valence-corrected chi connectivity index (χ4v) is 3.34. The largest absolute Gasteiger partial charge is 0.388 e. The minimum atomic E-state index is -1.90. The molecule has 0 spiro atoms. The van der Waals surface area contributed by atoms with Gasteiger partial charge in [0.15, 0.2) is 6.29 Å². The summed E-state index contributed by atoms with van der Waals surface area (Å²) in [5, 5.41) is 49.6. The highest BCUT2D eigenvalue weighted by Gasteiger charge is 2.58. The van der Waals surface area contributed by atoms with Crippen LogP contribution in [-0.2, 0) is 14.2 Å². The van der Waals surface area contributed by atoms with Gasteiger partial charge in [-0.05, 0) is 0 Å². The van der Waals surface area contributed by atoms with Crippen molar-refractivity contribution in [2.75, 3.05) is 17.6 Å². The fraction of sp³-hybridized carbons (Fsp3) is 1.00. The van der Waals surface area contributed by atoms with Gasteiger partial charge in [-0.25, -0.2) is 0 Å². The lowest BCUT2D eigenvalue weighted by molar-refractivity contribution is -0.366. The molecule has 5 N–H and O–H groups in total. The molecule has 23 heavy (non-hydrogen) atoms. The van der Waals surface area contributed by atoms with Crippen LogP contribution in [0.15, 0.2) is 0 Å². The molecule has 2 aliphatic heterocycles. The van der Waals surface area contributed by atoms with Gasteiger partial charge in [0.05, 0.1) is 17.6 Å². The zero-order valence-electron chi connectivity index (χ0n) is 11.8. The molecule has 0 amide bonds. The minimum Gasteiger partial charge on any atom is -0.388 e. The maximum Gasteiger partial charge on any atom is 0.214 e. The van der Waals surface area contributed by atoms with Crippen LogP contribution in [0.5, 0.6) is 0 Å². The second kappa shape index (κ2) is 7.84. The van der Waals surface area contributed by atoms with E-state index in [0.717, 1.165) is 0 Å². The van der Waals surface area contributed by atoms with Crippen LogP contribution in [0.4, 0.5) is 0 Å². The van der Waals surface area contributed by atoms with Crippen molar-refractivity contribution in [1.29, 1.82) is 0 Å². The van der Waals surface area contributed by atoms with E-state index in [1.54, 1.807) is 0 Å². The number of aliphatic hydroxyl groups is 5. The van der Waals surface area contributed by atoms with E-state index in [4.69, 9.17) is 49.0 Å². The standard InChI is InChI=1S/C12H19Cl3O8/c13-1-4-6(16)8(18)9(19)11(21-4)23-12(3-15)10(20)7(17)5(2-14)22-12/h4-11,16-20H,1-3H2/t4?,5-,6-,7+,8+,9?,10?,11-,12+/m1/s1. The smallest absolute Gasteiger partial charge is 0.214 e. The van der Waals surface area contributed by atoms with E-state index >= 15 is 0 Å². The summed E-state index contributed by atoms with van der Waals surface area (Å²) in [5.41, 5.74) is 0. The van der Waals surface area contributed by atoms with E-state index in [9.17, 15) is 25.5 Å². The molecule has 2 fully saturated rings. The van der Waals surface area contributed by atoms with Crippen LogP contribution in [0.2, 0.25) is 0 Å². The van der Waals surface area contributed by atoms with Crippen molar-refractivity contribution in [2.45, 2.75) is 54.8 Å². The number of halogens is 3. The molecule has 0 radical (unpaired) electrons. The normalized spacial score (nSPS) is 51.1. The monoisotopic (exact) mass is 396 g/mol. The molecule has 0 aromatic carbocycles. The highest BCUT2D eigenvalue weighted by molar-refractivity contribution is 6.19. The number of aliphatic hydroxyl groups excluding tert-OH is 5. The first-order chi connectivity index (χ1) is 10.8. The maximum absolute atomic E-state index is 10.1. The fourth-order valence-electron chi connectivity index (χ4n) is 2.56. The van der Waals surface area contributed by atoms with Crippen LogP contribution in [0.3, 0.4) is 0 Å². The molecule has 2 rings (SSSR count). The SMILES string of the molecule is OC1[C@@H](O[C@]2(CCl)O[C@H](CCl)[C@H](O)C2O)OC(CCl)[C@@H](O)[C@@H]1O. The quantitative estimate of drug-likeness (QED) is 0.349. The van der Waals surface area contributed by atoms with Gasteiger partial charge in [0.25, 0.3) is 0 Å². The average molecular weight is 398 g/mol. The second-order valence-electron chi connectivity index (χ2n) is 5.48. The minimum absolute atomic E-state index is 0.125. The first kappa shape index (κ1) is 19.9. The van der Waals surface area contributed by atoms with Crippen molar-refractivity contribution >= 4 is 34.8 Å². The van der Waals surface area contributed by atoms with Crippen LogP contribution < -0.4 is 0 Å². The number of ether oxygens (including phenoxy) is 3. The van der Waals surface area contributed by atoms with Gasteiger partial charge in [0, 0.05) is 0 Å². The summed E-state index contributed by atoms with van der Waals surface area (Å²) >= 11 is 17.1. The maximum atomic E-state index is 10.1. The predicted octanol–water partition coefficient (Wildman–Crippen LogP) is -1.66. The van der Waals surface area contributed by atoms with Gasteiger partial charge in [-0.3, -0.25) is 0 Å². The topological polar surface area (TPSA) is 129 Å². The molecule has 11 heteroatoms. The van der Waals surface area contributed by atoms with Gasteiger partial charge in [-0.1, -0.05) is 0 Å². The molecule has 0 saturated carbocycles. The summed E-state index contributed by atoms with van der Waals surface area (Å²) in [6.45, 7) is 0. The summed E-state index contributed by atoms with van der Waals surface area (Å²) in [6.07, 6.45) is -11.0. The summed E-state index contributed by atoms with van der Waals surface area (Å²) < 4.78 is 16.1. The van der Waals surface area contributed by atoms with E-state index in [-0.39, 0.29) is 11.8 Å². The Bertz CT molecular complexity index is 403. The Morgan fingerprint density at radius 3 is 1.91 bits per heavy atom. The highest BCUT2D eigenvalue weighted by Crippen LogP contribution is 2.37. The Morgan fingerprint density at radius 1 is 0.826 bits per heavy atom. The van der Waals surface area contributed by atoms with Gasteiger partial charge >= 0.3 is 0 Å². The lowest BCUT2D eigenvalue weighted by Gasteiger charge is -2.43. The molecule has 2 heterocycles. The molecule has 2 saturated heterocycles. The third kappa shape index (κ3) is 3.58. The third-order valence-corrected chi connectivity index (χ3v) is 4.96. The zero-order chi connectivity index (χ0) is 17.4. The Kier molecular flexibility index (Phi) is 6.77. The Balaban J connectivity index is 2.18. The van der Waals surface area contributed by atoms with Gasteiger partial charge in [0.1, 0.15) is 42.7 Å². The molecule has 2 aliphatic rings. The van der Waals surface area contributed by atoms with Gasteiger partial charge in [0.2, 0.25) is 5.79 Å². The van der Waals surface area contributed by atoms with Gasteiger partial charge in [-0.2, -0.15) is 0 Å². The first-order valence-corrected chi connectivity index (χ1v) is 8.51. The van der Waals surface area contributed by atoms with Crippen LogP contribution in [0.1, 0.15) is 0 Å². The van der Waals surface area contributed by atoms with E-state index < -0.39 is 60.7 Å². The van der Waals surface area contributed by atoms with Crippen LogP contribution in [-0.4, -0.2) is 98.0 Å². The van der Waals surface area contributed by atoms with Crippen molar-refractivity contribution in [3.05, 3.63) is 0 Å². The first-order valence-electron chi connectivity index (χ1n) is 6.90. The molecule has 0 aliphatic carbocycles. The van der Waals surface area contributed by atoms with E-state index in [1.165, 1.54) is 0 Å². The van der Waals surface area contributed by atoms with Crippen LogP contribution in [0, 0.1) is 0 Å². The van der Waals surface area contributed by atoms with E-state index in [0.29, 0.717) is 0 Å². The van der Waals surface area contributed by atoms with Gasteiger partial charge < -0.3 is 39.7 Å². The molecule has 0 bridgehead atoms. The van der Waals surface area contributed by atoms with Crippen molar-refractivity contribution in [1.82, 2.24) is 0 Å². The van der Waals surface area contributed by atoms with Crippen molar-refractivity contribution in [2.24, 2.45) is 0 Å². The van der Waals surface area contributed by atoms with Crippen molar-refractivity contribution in [3.8, 4) is 0 Å². The molecule has 3 unspecified atom stereocenters. The molecular weight excluding hydrogens is 378 g/mol. The molecule has 9 atom stereocenters. The number of alkyl halides is 3. The second-order valence-corrected chi connectivity index (χ2v) is 6.36. The zero-order valence-corrected chi connectivity index (χ0v) is 14.1. The third-order valence-electron chi connectivity index (χ3n) is 3.98. The van der Waals surface area contributed by atoms with Crippen molar-refractivity contribution < 1.29 is 39.7 Å². The highest BCUT2D eigenvalue weighted by atomic mass is 35.5. The molecule has 0 aromatic rings. The van der Waals surface area contributed by atoms with E-state index in [1.807, 2.05) is 0 Å². The summed E-state index contributed by atoms with van der Waals surface area (Å²) in [4.78, 5) is 0. The Labute approximate surface area is 147 Å². The molecule has 0 aromatic heterocycles. The molecule has 136 valence electrons. The summed E-state index contributed by atoms with van der Waals surface area (Å²) in [7, 11) is 0. The van der Waals surface area contributed by atoms with Crippen LogP contribution >= 0.6 is 34.8 Å². The Morgan fingerprint density at radius 2 is 1.43 bits per heavy atom. The predicted molar refractivity (Wildman–Crippen MR) is 79.5 cm³/mol. The summed E-state index contributed by atoms with van der Waals surface area (Å²) in [5.74, 6) is -2.60. The van der Waals surface area contributed by atoms with Crippen molar-refractivity contribution in [3.63, 3.8) is 0 Å².